The van der Waals surface area contributed by atoms with E-state index in [0.717, 1.165) is 24.9 Å². The van der Waals surface area contributed by atoms with Crippen LogP contribution >= 0.6 is 0 Å². The van der Waals surface area contributed by atoms with Gasteiger partial charge in [0.25, 0.3) is 0 Å². The minimum atomic E-state index is -0.0761. The summed E-state index contributed by atoms with van der Waals surface area (Å²) in [6, 6.07) is 5.47. The Bertz CT molecular complexity index is 371. The zero-order valence-electron chi connectivity index (χ0n) is 9.43. The summed E-state index contributed by atoms with van der Waals surface area (Å²) in [5.74, 6) is -0.139. The van der Waals surface area contributed by atoms with Crippen molar-refractivity contribution in [1.29, 1.82) is 0 Å². The molecular formula is C12H18N2O2. The first-order chi connectivity index (χ1) is 7.58. The molecule has 1 aliphatic heterocycles. The predicted molar refractivity (Wildman–Crippen MR) is 62.5 cm³/mol. The van der Waals surface area contributed by atoms with Gasteiger partial charge in [-0.2, -0.15) is 0 Å². The van der Waals surface area contributed by atoms with Gasteiger partial charge in [-0.1, -0.05) is 6.07 Å². The molecular weight excluding hydrogens is 204 g/mol. The molecule has 4 N–H and O–H groups in total. The van der Waals surface area contributed by atoms with Gasteiger partial charge in [-0.3, -0.25) is 0 Å². The first kappa shape index (κ1) is 11.2. The third-order valence-electron chi connectivity index (χ3n) is 3.36. The van der Waals surface area contributed by atoms with E-state index in [1.165, 1.54) is 6.07 Å². The van der Waals surface area contributed by atoms with Crippen LogP contribution in [0.15, 0.2) is 18.2 Å². The normalized spacial score (nSPS) is 26.1. The highest BCUT2D eigenvalue weighted by molar-refractivity contribution is 5.40. The zero-order chi connectivity index (χ0) is 11.7. The molecule has 0 aliphatic carbocycles. The van der Waals surface area contributed by atoms with Crippen molar-refractivity contribution < 1.29 is 10.2 Å². The second-order valence-electron chi connectivity index (χ2n) is 4.53. The van der Waals surface area contributed by atoms with E-state index in [0.29, 0.717) is 6.04 Å². The number of benzene rings is 1. The highest BCUT2D eigenvalue weighted by Gasteiger charge is 2.28. The molecule has 0 radical (unpaired) electrons. The Morgan fingerprint density at radius 3 is 2.69 bits per heavy atom. The van der Waals surface area contributed by atoms with Gasteiger partial charge in [0.15, 0.2) is 11.5 Å². The van der Waals surface area contributed by atoms with Crippen LogP contribution in [0.2, 0.25) is 0 Å². The van der Waals surface area contributed by atoms with Crippen LogP contribution in [-0.2, 0) is 6.42 Å². The molecule has 1 aromatic rings. The van der Waals surface area contributed by atoms with E-state index in [4.69, 9.17) is 5.73 Å². The van der Waals surface area contributed by atoms with Crippen LogP contribution in [0.3, 0.4) is 0 Å². The molecule has 1 aliphatic rings. The Balaban J connectivity index is 2.11. The van der Waals surface area contributed by atoms with E-state index in [1.54, 1.807) is 6.07 Å². The molecule has 88 valence electrons. The number of rotatable bonds is 2. The molecule has 0 amide bonds. The van der Waals surface area contributed by atoms with E-state index in [2.05, 4.69) is 11.9 Å². The number of likely N-dealkylation sites (tertiary alicyclic amines) is 1. The minimum Gasteiger partial charge on any atom is -0.504 e. The van der Waals surface area contributed by atoms with Crippen molar-refractivity contribution in [2.24, 2.45) is 5.73 Å². The minimum absolute atomic E-state index is 0.0632. The summed E-state index contributed by atoms with van der Waals surface area (Å²) in [7, 11) is 2.07. The lowest BCUT2D eigenvalue weighted by atomic mass is 10.0. The number of aromatic hydroxyl groups is 2. The Hall–Kier alpha value is -1.26. The summed E-state index contributed by atoms with van der Waals surface area (Å²) in [6.07, 6.45) is 1.83. The van der Waals surface area contributed by atoms with E-state index in [1.807, 2.05) is 6.07 Å². The van der Waals surface area contributed by atoms with Gasteiger partial charge in [0.2, 0.25) is 0 Å². The molecule has 0 aromatic heterocycles. The van der Waals surface area contributed by atoms with Crippen LogP contribution in [0.25, 0.3) is 0 Å². The number of hydrogen-bond donors (Lipinski definition) is 3. The Kier molecular flexibility index (Phi) is 3.03. The van der Waals surface area contributed by atoms with Crippen molar-refractivity contribution in [2.45, 2.75) is 24.9 Å². The lowest BCUT2D eigenvalue weighted by molar-refractivity contribution is 0.295. The van der Waals surface area contributed by atoms with Gasteiger partial charge in [0.1, 0.15) is 0 Å². The largest absolute Gasteiger partial charge is 0.504 e. The number of phenols is 2. The van der Waals surface area contributed by atoms with Gasteiger partial charge in [-0.25, -0.2) is 0 Å². The first-order valence-corrected chi connectivity index (χ1v) is 5.54. The molecule has 0 saturated carbocycles. The van der Waals surface area contributed by atoms with Crippen molar-refractivity contribution in [3.05, 3.63) is 23.8 Å². The molecule has 1 aromatic carbocycles. The zero-order valence-corrected chi connectivity index (χ0v) is 9.43. The van der Waals surface area contributed by atoms with Crippen LogP contribution in [0.1, 0.15) is 12.0 Å². The average Bonchev–Trinajstić information content (AvgIpc) is 2.55. The van der Waals surface area contributed by atoms with Crippen molar-refractivity contribution in [3.8, 4) is 11.5 Å². The second-order valence-corrected chi connectivity index (χ2v) is 4.53. The van der Waals surface area contributed by atoms with E-state index < -0.39 is 0 Å². The maximum atomic E-state index is 9.41. The summed E-state index contributed by atoms with van der Waals surface area (Å²) >= 11 is 0. The van der Waals surface area contributed by atoms with Crippen molar-refractivity contribution >= 4 is 0 Å². The van der Waals surface area contributed by atoms with Gasteiger partial charge in [-0.15, -0.1) is 0 Å². The number of phenolic OH excluding ortho intramolecular Hbond substituents is 2. The maximum absolute atomic E-state index is 9.41. The van der Waals surface area contributed by atoms with Gasteiger partial charge in [0.05, 0.1) is 0 Å². The quantitative estimate of drug-likeness (QED) is 0.643. The van der Waals surface area contributed by atoms with E-state index >= 15 is 0 Å². The number of likely N-dealkylation sites (N-methyl/N-ethyl adjacent to an activating group) is 1. The third-order valence-corrected chi connectivity index (χ3v) is 3.36. The fourth-order valence-electron chi connectivity index (χ4n) is 2.28. The van der Waals surface area contributed by atoms with Crippen LogP contribution in [0, 0.1) is 0 Å². The van der Waals surface area contributed by atoms with E-state index in [9.17, 15) is 10.2 Å². The molecule has 0 spiro atoms. The molecule has 1 heterocycles. The summed E-state index contributed by atoms with van der Waals surface area (Å²) in [5, 5.41) is 18.6. The molecule has 4 heteroatoms. The highest BCUT2D eigenvalue weighted by atomic mass is 16.3. The monoisotopic (exact) mass is 222 g/mol. The predicted octanol–water partition coefficient (Wildman–Crippen LogP) is 0.672. The van der Waals surface area contributed by atoms with Crippen LogP contribution in [0.5, 0.6) is 11.5 Å². The lowest BCUT2D eigenvalue weighted by Gasteiger charge is -2.22. The van der Waals surface area contributed by atoms with Crippen LogP contribution in [0.4, 0.5) is 0 Å². The summed E-state index contributed by atoms with van der Waals surface area (Å²) in [4.78, 5) is 2.24. The lowest BCUT2D eigenvalue weighted by Crippen LogP contribution is -2.39. The maximum Gasteiger partial charge on any atom is 0.157 e. The van der Waals surface area contributed by atoms with E-state index in [-0.39, 0.29) is 17.5 Å². The van der Waals surface area contributed by atoms with Gasteiger partial charge < -0.3 is 20.8 Å². The number of nitrogens with two attached hydrogens (primary N) is 1. The Morgan fingerprint density at radius 2 is 2.12 bits per heavy atom. The van der Waals surface area contributed by atoms with Crippen LogP contribution < -0.4 is 5.73 Å². The molecule has 16 heavy (non-hydrogen) atoms. The molecule has 1 saturated heterocycles. The fourth-order valence-corrected chi connectivity index (χ4v) is 2.28. The van der Waals surface area contributed by atoms with Gasteiger partial charge >= 0.3 is 0 Å². The molecule has 2 atom stereocenters. The fraction of sp³-hybridized carbons (Fsp3) is 0.500. The van der Waals surface area contributed by atoms with Gasteiger partial charge in [-0.05, 0) is 44.1 Å². The van der Waals surface area contributed by atoms with Crippen molar-refractivity contribution in [2.75, 3.05) is 13.6 Å². The molecule has 2 rings (SSSR count). The smallest absolute Gasteiger partial charge is 0.157 e. The summed E-state index contributed by atoms with van der Waals surface area (Å²) < 4.78 is 0. The molecule has 1 fully saturated rings. The molecule has 2 unspecified atom stereocenters. The topological polar surface area (TPSA) is 69.7 Å². The van der Waals surface area contributed by atoms with Crippen molar-refractivity contribution in [1.82, 2.24) is 4.90 Å². The first-order valence-electron chi connectivity index (χ1n) is 5.54. The molecule has 4 nitrogen and oxygen atoms in total. The third kappa shape index (κ3) is 2.13. The second kappa shape index (κ2) is 4.31. The summed E-state index contributed by atoms with van der Waals surface area (Å²) in [5.41, 5.74) is 7.04. The van der Waals surface area contributed by atoms with Crippen LogP contribution in [-0.4, -0.2) is 40.8 Å². The van der Waals surface area contributed by atoms with Gasteiger partial charge in [0, 0.05) is 12.1 Å². The number of hydrogen-bond acceptors (Lipinski definition) is 4. The highest BCUT2D eigenvalue weighted by Crippen LogP contribution is 2.27. The standard InChI is InChI=1S/C12H18N2O2/c1-14-5-4-9(13)10(14)6-8-2-3-11(15)12(16)7-8/h2-3,7,9-10,15-16H,4-6,13H2,1H3. The summed E-state index contributed by atoms with van der Waals surface area (Å²) in [6.45, 7) is 1.02. The SMILES string of the molecule is CN1CCC(N)C1Cc1ccc(O)c(O)c1. The number of nitrogens with zero attached hydrogens (tertiary/aromatic N) is 1. The Labute approximate surface area is 95.3 Å². The average molecular weight is 222 g/mol. The molecule has 0 bridgehead atoms. The van der Waals surface area contributed by atoms with Crippen molar-refractivity contribution in [3.63, 3.8) is 0 Å². The Morgan fingerprint density at radius 1 is 1.38 bits per heavy atom.